The van der Waals surface area contributed by atoms with Crippen LogP contribution in [0.4, 0.5) is 4.79 Å². The highest BCUT2D eigenvalue weighted by molar-refractivity contribution is 5.73. The molecule has 2 atom stereocenters. The van der Waals surface area contributed by atoms with Crippen molar-refractivity contribution in [3.05, 3.63) is 71.3 Å². The molecular formula is C28H38N2O4. The standard InChI is InChI=1S/C28H38N2O4/c1-21(8-13-27(29)31)22(2)33-19-26-11-9-23(10-12-26)18-24-14-16-30(17-15-24)28(32)34-20-25-6-4-3-5-7-25/h3-7,9-12,21-22,24H,8,13-20H2,1-2H3,(H2,29,31)/t21-,22+/m0/s1. The van der Waals surface area contributed by atoms with E-state index < -0.39 is 0 Å². The highest BCUT2D eigenvalue weighted by Gasteiger charge is 2.24. The number of piperidine rings is 1. The van der Waals surface area contributed by atoms with Crippen molar-refractivity contribution in [2.24, 2.45) is 17.6 Å². The van der Waals surface area contributed by atoms with Gasteiger partial charge in [-0.1, -0.05) is 61.5 Å². The monoisotopic (exact) mass is 466 g/mol. The van der Waals surface area contributed by atoms with Gasteiger partial charge >= 0.3 is 6.09 Å². The molecule has 0 spiro atoms. The van der Waals surface area contributed by atoms with Gasteiger partial charge in [-0.15, -0.1) is 0 Å². The van der Waals surface area contributed by atoms with Crippen LogP contribution in [0.1, 0.15) is 56.2 Å². The Balaban J connectivity index is 1.35. The van der Waals surface area contributed by atoms with Crippen molar-refractivity contribution in [2.45, 2.75) is 65.3 Å². The summed E-state index contributed by atoms with van der Waals surface area (Å²) in [6.07, 6.45) is 4.01. The summed E-state index contributed by atoms with van der Waals surface area (Å²) in [4.78, 5) is 25.1. The second kappa shape index (κ2) is 13.1. The lowest BCUT2D eigenvalue weighted by molar-refractivity contribution is -0.118. The molecule has 6 heteroatoms. The van der Waals surface area contributed by atoms with E-state index in [2.05, 4.69) is 31.2 Å². The SMILES string of the molecule is C[C@@H](CCC(N)=O)[C@@H](C)OCc1ccc(CC2CCN(C(=O)OCc3ccccc3)CC2)cc1. The topological polar surface area (TPSA) is 81.9 Å². The van der Waals surface area contributed by atoms with Crippen LogP contribution in [0.15, 0.2) is 54.6 Å². The van der Waals surface area contributed by atoms with Crippen molar-refractivity contribution in [1.29, 1.82) is 0 Å². The molecule has 1 aliphatic rings. The van der Waals surface area contributed by atoms with E-state index in [1.54, 1.807) is 0 Å². The van der Waals surface area contributed by atoms with Crippen molar-refractivity contribution in [3.8, 4) is 0 Å². The van der Waals surface area contributed by atoms with Crippen LogP contribution in [0.3, 0.4) is 0 Å². The lowest BCUT2D eigenvalue weighted by Crippen LogP contribution is -2.39. The number of ether oxygens (including phenoxy) is 2. The number of hydrogen-bond acceptors (Lipinski definition) is 4. The molecule has 0 aromatic heterocycles. The molecule has 1 aliphatic heterocycles. The molecule has 6 nitrogen and oxygen atoms in total. The Morgan fingerprint density at radius 3 is 2.21 bits per heavy atom. The second-order valence-electron chi connectivity index (χ2n) is 9.49. The van der Waals surface area contributed by atoms with E-state index in [1.165, 1.54) is 5.56 Å². The molecule has 0 aliphatic carbocycles. The number of primary amides is 1. The van der Waals surface area contributed by atoms with Gasteiger partial charge < -0.3 is 20.1 Å². The van der Waals surface area contributed by atoms with Crippen molar-refractivity contribution in [1.82, 2.24) is 4.90 Å². The summed E-state index contributed by atoms with van der Waals surface area (Å²) >= 11 is 0. The third-order valence-corrected chi connectivity index (χ3v) is 6.79. The highest BCUT2D eigenvalue weighted by atomic mass is 16.6. The van der Waals surface area contributed by atoms with E-state index in [9.17, 15) is 9.59 Å². The lowest BCUT2D eigenvalue weighted by Gasteiger charge is -2.31. The van der Waals surface area contributed by atoms with Crippen LogP contribution >= 0.6 is 0 Å². The number of nitrogens with zero attached hydrogens (tertiary/aromatic N) is 1. The number of rotatable bonds is 11. The Hall–Kier alpha value is -2.86. The first-order valence-corrected chi connectivity index (χ1v) is 12.3. The second-order valence-corrected chi connectivity index (χ2v) is 9.49. The molecule has 2 aromatic carbocycles. The molecule has 184 valence electrons. The number of carbonyl (C=O) groups is 2. The summed E-state index contributed by atoms with van der Waals surface area (Å²) in [5, 5.41) is 0. The van der Waals surface area contributed by atoms with Gasteiger partial charge in [-0.3, -0.25) is 4.79 Å². The first kappa shape index (κ1) is 25.8. The largest absolute Gasteiger partial charge is 0.445 e. The van der Waals surface area contributed by atoms with Crippen LogP contribution < -0.4 is 5.73 Å². The molecule has 1 saturated heterocycles. The fourth-order valence-corrected chi connectivity index (χ4v) is 4.23. The number of likely N-dealkylation sites (tertiary alicyclic amines) is 1. The summed E-state index contributed by atoms with van der Waals surface area (Å²) in [6, 6.07) is 18.4. The maximum atomic E-state index is 12.4. The van der Waals surface area contributed by atoms with Gasteiger partial charge in [0.15, 0.2) is 0 Å². The smallest absolute Gasteiger partial charge is 0.410 e. The van der Waals surface area contributed by atoms with E-state index in [4.69, 9.17) is 15.2 Å². The third-order valence-electron chi connectivity index (χ3n) is 6.79. The maximum Gasteiger partial charge on any atom is 0.410 e. The Morgan fingerprint density at radius 2 is 1.56 bits per heavy atom. The Morgan fingerprint density at radius 1 is 0.941 bits per heavy atom. The minimum atomic E-state index is -0.261. The van der Waals surface area contributed by atoms with Gasteiger partial charge in [0.1, 0.15) is 6.61 Å². The number of hydrogen-bond donors (Lipinski definition) is 1. The number of benzene rings is 2. The first-order chi connectivity index (χ1) is 16.4. The van der Waals surface area contributed by atoms with Crippen molar-refractivity contribution < 1.29 is 19.1 Å². The van der Waals surface area contributed by atoms with E-state index in [0.717, 1.165) is 49.9 Å². The van der Waals surface area contributed by atoms with Gasteiger partial charge in [0.2, 0.25) is 5.91 Å². The minimum absolute atomic E-state index is 0.0728. The highest BCUT2D eigenvalue weighted by Crippen LogP contribution is 2.23. The van der Waals surface area contributed by atoms with Gasteiger partial charge in [0.25, 0.3) is 0 Å². The average Bonchev–Trinajstić information content (AvgIpc) is 2.86. The Kier molecular flexibility index (Phi) is 9.95. The summed E-state index contributed by atoms with van der Waals surface area (Å²) < 4.78 is 11.5. The molecule has 0 bridgehead atoms. The lowest BCUT2D eigenvalue weighted by atomic mass is 9.90. The normalized spacial score (nSPS) is 16.1. The van der Waals surface area contributed by atoms with Crippen LogP contribution in [-0.4, -0.2) is 36.1 Å². The Bertz CT molecular complexity index is 892. The van der Waals surface area contributed by atoms with E-state index >= 15 is 0 Å². The molecule has 0 radical (unpaired) electrons. The fraction of sp³-hybridized carbons (Fsp3) is 0.500. The predicted molar refractivity (Wildman–Crippen MR) is 133 cm³/mol. The van der Waals surface area contributed by atoms with Gasteiger partial charge in [-0.05, 0) is 61.1 Å². The molecule has 2 amide bonds. The van der Waals surface area contributed by atoms with Crippen LogP contribution in [0, 0.1) is 11.8 Å². The third kappa shape index (κ3) is 8.49. The Labute approximate surface area is 203 Å². The summed E-state index contributed by atoms with van der Waals surface area (Å²) in [7, 11) is 0. The van der Waals surface area contributed by atoms with Crippen LogP contribution in [0.2, 0.25) is 0 Å². The van der Waals surface area contributed by atoms with Crippen LogP contribution in [0.5, 0.6) is 0 Å². The summed E-state index contributed by atoms with van der Waals surface area (Å²) in [6.45, 7) is 6.51. The molecule has 34 heavy (non-hydrogen) atoms. The number of amides is 2. The van der Waals surface area contributed by atoms with Gasteiger partial charge in [-0.25, -0.2) is 4.79 Å². The predicted octanol–water partition coefficient (Wildman–Crippen LogP) is 5.08. The van der Waals surface area contributed by atoms with Crippen LogP contribution in [-0.2, 0) is 33.9 Å². The van der Waals surface area contributed by atoms with Crippen LogP contribution in [0.25, 0.3) is 0 Å². The zero-order chi connectivity index (χ0) is 24.3. The first-order valence-electron chi connectivity index (χ1n) is 12.3. The molecule has 3 rings (SSSR count). The summed E-state index contributed by atoms with van der Waals surface area (Å²) in [5.74, 6) is 0.600. The average molecular weight is 467 g/mol. The molecular weight excluding hydrogens is 428 g/mol. The quantitative estimate of drug-likeness (QED) is 0.500. The molecule has 0 unspecified atom stereocenters. The van der Waals surface area contributed by atoms with E-state index in [0.29, 0.717) is 25.6 Å². The molecule has 1 heterocycles. The molecule has 0 saturated carbocycles. The van der Waals surface area contributed by atoms with Gasteiger partial charge in [-0.2, -0.15) is 0 Å². The molecule has 2 aromatic rings. The van der Waals surface area contributed by atoms with Gasteiger partial charge in [0, 0.05) is 19.5 Å². The van der Waals surface area contributed by atoms with E-state index in [1.807, 2.05) is 42.2 Å². The van der Waals surface area contributed by atoms with Crippen molar-refractivity contribution >= 4 is 12.0 Å². The molecule has 1 fully saturated rings. The molecule has 2 N–H and O–H groups in total. The zero-order valence-electron chi connectivity index (χ0n) is 20.4. The summed E-state index contributed by atoms with van der Waals surface area (Å²) in [5.41, 5.74) is 8.71. The number of carbonyl (C=O) groups excluding carboxylic acids is 2. The van der Waals surface area contributed by atoms with Crippen molar-refractivity contribution in [3.63, 3.8) is 0 Å². The van der Waals surface area contributed by atoms with E-state index in [-0.39, 0.29) is 24.0 Å². The van der Waals surface area contributed by atoms with Crippen molar-refractivity contribution in [2.75, 3.05) is 13.1 Å². The fourth-order valence-electron chi connectivity index (χ4n) is 4.23. The van der Waals surface area contributed by atoms with Gasteiger partial charge in [0.05, 0.1) is 12.7 Å². The number of nitrogens with two attached hydrogens (primary N) is 1. The maximum absolute atomic E-state index is 12.4. The minimum Gasteiger partial charge on any atom is -0.445 e. The zero-order valence-corrected chi connectivity index (χ0v) is 20.4.